The van der Waals surface area contributed by atoms with Crippen molar-refractivity contribution < 1.29 is 19.4 Å². The molecule has 0 aromatic heterocycles. The number of carboxylic acids is 1. The predicted octanol–water partition coefficient (Wildman–Crippen LogP) is 3.67. The van der Waals surface area contributed by atoms with Crippen LogP contribution in [0.2, 0.25) is 0 Å². The monoisotopic (exact) mass is 311 g/mol. The Balaban J connectivity index is 2.27. The zero-order chi connectivity index (χ0) is 16.8. The summed E-state index contributed by atoms with van der Waals surface area (Å²) in [5.74, 6) is -0.927. The summed E-state index contributed by atoms with van der Waals surface area (Å²) in [5, 5.41) is 9.57. The van der Waals surface area contributed by atoms with Gasteiger partial charge in [-0.3, -0.25) is 4.90 Å². The van der Waals surface area contributed by atoms with E-state index in [2.05, 4.69) is 13.8 Å². The lowest BCUT2D eigenvalue weighted by molar-refractivity contribution is -0.142. The van der Waals surface area contributed by atoms with Crippen LogP contribution < -0.4 is 0 Å². The molecule has 5 heteroatoms. The zero-order valence-electron chi connectivity index (χ0n) is 14.4. The Morgan fingerprint density at radius 2 is 1.77 bits per heavy atom. The Labute approximate surface area is 133 Å². The van der Waals surface area contributed by atoms with Gasteiger partial charge in [0.25, 0.3) is 0 Å². The maximum atomic E-state index is 12.5. The van der Waals surface area contributed by atoms with Gasteiger partial charge in [0, 0.05) is 6.54 Å². The molecule has 2 aliphatic rings. The Kier molecular flexibility index (Phi) is 4.22. The minimum Gasteiger partial charge on any atom is -0.480 e. The maximum Gasteiger partial charge on any atom is 0.411 e. The quantitative estimate of drug-likeness (QED) is 0.802. The SMILES string of the molecule is CC(C)(C)OC(=O)N1CC2(CCCCC2(C)C)CC1C(=O)O. The number of carbonyl (C=O) groups is 2. The smallest absolute Gasteiger partial charge is 0.411 e. The second-order valence-electron chi connectivity index (χ2n) is 8.54. The van der Waals surface area contributed by atoms with Gasteiger partial charge in [-0.1, -0.05) is 26.7 Å². The molecule has 1 saturated carbocycles. The summed E-state index contributed by atoms with van der Waals surface area (Å²) >= 11 is 0. The van der Waals surface area contributed by atoms with Crippen molar-refractivity contribution >= 4 is 12.1 Å². The normalized spacial score (nSPS) is 31.3. The molecule has 0 radical (unpaired) electrons. The Morgan fingerprint density at radius 3 is 2.27 bits per heavy atom. The van der Waals surface area contributed by atoms with E-state index in [-0.39, 0.29) is 10.8 Å². The van der Waals surface area contributed by atoms with Crippen LogP contribution in [-0.4, -0.2) is 40.3 Å². The number of nitrogens with zero attached hydrogens (tertiary/aromatic N) is 1. The molecule has 2 fully saturated rings. The van der Waals surface area contributed by atoms with Gasteiger partial charge in [0.15, 0.2) is 0 Å². The molecule has 1 aliphatic heterocycles. The van der Waals surface area contributed by atoms with Gasteiger partial charge in [0.05, 0.1) is 0 Å². The number of aliphatic carboxylic acids is 1. The van der Waals surface area contributed by atoms with Crippen LogP contribution in [-0.2, 0) is 9.53 Å². The first-order chi connectivity index (χ1) is 9.97. The summed E-state index contributed by atoms with van der Waals surface area (Å²) in [6, 6.07) is -0.771. The third-order valence-electron chi connectivity index (χ3n) is 5.49. The van der Waals surface area contributed by atoms with Gasteiger partial charge >= 0.3 is 12.1 Å². The van der Waals surface area contributed by atoms with Crippen LogP contribution in [0.25, 0.3) is 0 Å². The molecule has 1 amide bonds. The van der Waals surface area contributed by atoms with Crippen LogP contribution in [0.15, 0.2) is 0 Å². The largest absolute Gasteiger partial charge is 0.480 e. The van der Waals surface area contributed by atoms with Crippen LogP contribution in [0.5, 0.6) is 0 Å². The van der Waals surface area contributed by atoms with Crippen molar-refractivity contribution in [1.29, 1.82) is 0 Å². The fraction of sp³-hybridized carbons (Fsp3) is 0.882. The highest BCUT2D eigenvalue weighted by atomic mass is 16.6. The average molecular weight is 311 g/mol. The molecular weight excluding hydrogens is 282 g/mol. The number of hydrogen-bond acceptors (Lipinski definition) is 3. The van der Waals surface area contributed by atoms with Crippen LogP contribution in [0.1, 0.15) is 66.7 Å². The molecule has 1 N–H and O–H groups in total. The van der Waals surface area contributed by atoms with E-state index in [9.17, 15) is 14.7 Å². The summed E-state index contributed by atoms with van der Waals surface area (Å²) in [5.41, 5.74) is -0.668. The molecule has 2 unspecified atom stereocenters. The van der Waals surface area contributed by atoms with Crippen molar-refractivity contribution in [2.75, 3.05) is 6.54 Å². The lowest BCUT2D eigenvalue weighted by atomic mass is 9.57. The van der Waals surface area contributed by atoms with E-state index < -0.39 is 23.7 Å². The molecule has 0 aromatic rings. The lowest BCUT2D eigenvalue weighted by Gasteiger charge is -2.48. The summed E-state index contributed by atoms with van der Waals surface area (Å²) < 4.78 is 5.43. The molecule has 1 saturated heterocycles. The van der Waals surface area contributed by atoms with Crippen molar-refractivity contribution in [2.24, 2.45) is 10.8 Å². The standard InChI is InChI=1S/C17H29NO4/c1-15(2,3)22-14(21)18-11-17(10-12(18)13(19)20)9-7-6-8-16(17,4)5/h12H,6-11H2,1-5H3,(H,19,20). The van der Waals surface area contributed by atoms with E-state index in [1.165, 1.54) is 11.3 Å². The maximum absolute atomic E-state index is 12.5. The van der Waals surface area contributed by atoms with Gasteiger partial charge in [-0.05, 0) is 50.9 Å². The molecular formula is C17H29NO4. The second kappa shape index (κ2) is 5.43. The third-order valence-corrected chi connectivity index (χ3v) is 5.49. The van der Waals surface area contributed by atoms with Gasteiger partial charge < -0.3 is 9.84 Å². The number of carbonyl (C=O) groups excluding carboxylic acids is 1. The molecule has 1 aliphatic carbocycles. The highest BCUT2D eigenvalue weighted by molar-refractivity contribution is 5.81. The van der Waals surface area contributed by atoms with E-state index in [0.717, 1.165) is 19.3 Å². The Morgan fingerprint density at radius 1 is 1.18 bits per heavy atom. The van der Waals surface area contributed by atoms with Crippen molar-refractivity contribution in [2.45, 2.75) is 78.4 Å². The first kappa shape index (κ1) is 17.1. The number of amides is 1. The fourth-order valence-electron chi connectivity index (χ4n) is 4.02. The molecule has 2 rings (SSSR count). The predicted molar refractivity (Wildman–Crippen MR) is 83.7 cm³/mol. The van der Waals surface area contributed by atoms with E-state index >= 15 is 0 Å². The van der Waals surface area contributed by atoms with Crippen LogP contribution in [0, 0.1) is 10.8 Å². The number of rotatable bonds is 1. The Bertz CT molecular complexity index is 466. The van der Waals surface area contributed by atoms with Crippen molar-refractivity contribution in [3.63, 3.8) is 0 Å². The summed E-state index contributed by atoms with van der Waals surface area (Å²) in [4.78, 5) is 25.6. The van der Waals surface area contributed by atoms with Gasteiger partial charge in [0.1, 0.15) is 11.6 Å². The van der Waals surface area contributed by atoms with Gasteiger partial charge in [-0.15, -0.1) is 0 Å². The highest BCUT2D eigenvalue weighted by Gasteiger charge is 2.57. The average Bonchev–Trinajstić information content (AvgIpc) is 2.73. The van der Waals surface area contributed by atoms with Crippen molar-refractivity contribution in [3.8, 4) is 0 Å². The molecule has 22 heavy (non-hydrogen) atoms. The summed E-state index contributed by atoms with van der Waals surface area (Å²) in [6.07, 6.45) is 4.40. The number of hydrogen-bond donors (Lipinski definition) is 1. The van der Waals surface area contributed by atoms with E-state index in [1.54, 1.807) is 20.8 Å². The highest BCUT2D eigenvalue weighted by Crippen LogP contribution is 2.56. The minimum absolute atomic E-state index is 0.0513. The van der Waals surface area contributed by atoms with Gasteiger partial charge in [-0.25, -0.2) is 9.59 Å². The first-order valence-electron chi connectivity index (χ1n) is 8.20. The van der Waals surface area contributed by atoms with Crippen LogP contribution >= 0.6 is 0 Å². The van der Waals surface area contributed by atoms with Crippen LogP contribution in [0.4, 0.5) is 4.79 Å². The number of likely N-dealkylation sites (tertiary alicyclic amines) is 1. The van der Waals surface area contributed by atoms with Crippen molar-refractivity contribution in [1.82, 2.24) is 4.90 Å². The Hall–Kier alpha value is -1.26. The van der Waals surface area contributed by atoms with E-state index in [1.807, 2.05) is 0 Å². The molecule has 0 bridgehead atoms. The second-order valence-corrected chi connectivity index (χ2v) is 8.54. The zero-order valence-corrected chi connectivity index (χ0v) is 14.4. The van der Waals surface area contributed by atoms with Gasteiger partial charge in [-0.2, -0.15) is 0 Å². The molecule has 5 nitrogen and oxygen atoms in total. The molecule has 2 atom stereocenters. The number of ether oxygens (including phenoxy) is 1. The fourth-order valence-corrected chi connectivity index (χ4v) is 4.02. The van der Waals surface area contributed by atoms with E-state index in [4.69, 9.17) is 4.74 Å². The van der Waals surface area contributed by atoms with Crippen molar-refractivity contribution in [3.05, 3.63) is 0 Å². The van der Waals surface area contributed by atoms with Crippen LogP contribution in [0.3, 0.4) is 0 Å². The first-order valence-corrected chi connectivity index (χ1v) is 8.20. The molecule has 0 aromatic carbocycles. The van der Waals surface area contributed by atoms with E-state index in [0.29, 0.717) is 13.0 Å². The number of carboxylic acid groups (broad SMARTS) is 1. The summed E-state index contributed by atoms with van der Waals surface area (Å²) in [6.45, 7) is 10.3. The molecule has 1 spiro atoms. The molecule has 126 valence electrons. The molecule has 1 heterocycles. The van der Waals surface area contributed by atoms with Gasteiger partial charge in [0.2, 0.25) is 0 Å². The minimum atomic E-state index is -0.927. The summed E-state index contributed by atoms with van der Waals surface area (Å²) in [7, 11) is 0. The lowest BCUT2D eigenvalue weighted by Crippen LogP contribution is -2.45. The topological polar surface area (TPSA) is 66.8 Å². The third kappa shape index (κ3) is 3.08.